The average molecular weight is 251 g/mol. The van der Waals surface area contributed by atoms with Gasteiger partial charge in [0.2, 0.25) is 0 Å². The topological polar surface area (TPSA) is 39.2 Å². The van der Waals surface area contributed by atoms with E-state index < -0.39 is 0 Å². The Morgan fingerprint density at radius 2 is 2.12 bits per heavy atom. The van der Waals surface area contributed by atoms with Crippen LogP contribution in [0.1, 0.15) is 16.6 Å². The number of benzene rings is 1. The van der Waals surface area contributed by atoms with Crippen LogP contribution in [0.4, 0.5) is 4.39 Å². The second kappa shape index (κ2) is 5.38. The number of aryl methyl sites for hydroxylation is 1. The van der Waals surface area contributed by atoms with Crippen molar-refractivity contribution >= 4 is 11.8 Å². The van der Waals surface area contributed by atoms with E-state index in [1.807, 2.05) is 19.1 Å². The summed E-state index contributed by atoms with van der Waals surface area (Å²) in [6, 6.07) is 8.61. The van der Waals surface area contributed by atoms with Crippen LogP contribution in [-0.2, 0) is 0 Å². The van der Waals surface area contributed by atoms with Crippen LogP contribution in [-0.4, -0.2) is 6.54 Å². The zero-order valence-corrected chi connectivity index (χ0v) is 10.3. The number of furan rings is 1. The summed E-state index contributed by atoms with van der Waals surface area (Å²) in [5, 5.41) is -0.0903. The molecule has 1 aromatic carbocycles. The van der Waals surface area contributed by atoms with Crippen molar-refractivity contribution < 1.29 is 8.81 Å². The molecule has 2 aromatic rings. The molecule has 0 bridgehead atoms. The van der Waals surface area contributed by atoms with Gasteiger partial charge in [-0.2, -0.15) is 0 Å². The van der Waals surface area contributed by atoms with E-state index in [0.717, 1.165) is 10.7 Å². The van der Waals surface area contributed by atoms with E-state index in [-0.39, 0.29) is 11.1 Å². The van der Waals surface area contributed by atoms with E-state index >= 15 is 0 Å². The summed E-state index contributed by atoms with van der Waals surface area (Å²) in [6.07, 6.45) is 1.63. The van der Waals surface area contributed by atoms with Crippen molar-refractivity contribution in [3.8, 4) is 0 Å². The third-order valence-corrected chi connectivity index (χ3v) is 3.96. The standard InChI is InChI=1S/C13H14FNOS/c1-9-12(6-7-16-9)17-13(8-15)10-4-2-3-5-11(10)14/h2-7,13H,8,15H2,1H3. The first-order valence-corrected chi connectivity index (χ1v) is 6.25. The lowest BCUT2D eigenvalue weighted by Crippen LogP contribution is -2.10. The molecule has 0 saturated carbocycles. The summed E-state index contributed by atoms with van der Waals surface area (Å²) >= 11 is 1.53. The molecule has 0 spiro atoms. The minimum atomic E-state index is -0.211. The van der Waals surface area contributed by atoms with Gasteiger partial charge in [0, 0.05) is 22.3 Å². The smallest absolute Gasteiger partial charge is 0.127 e. The molecular weight excluding hydrogens is 237 g/mol. The van der Waals surface area contributed by atoms with Crippen LogP contribution in [0.25, 0.3) is 0 Å². The van der Waals surface area contributed by atoms with Crippen LogP contribution >= 0.6 is 11.8 Å². The highest BCUT2D eigenvalue weighted by atomic mass is 32.2. The van der Waals surface area contributed by atoms with Crippen LogP contribution in [0, 0.1) is 12.7 Å². The van der Waals surface area contributed by atoms with Crippen molar-refractivity contribution in [1.82, 2.24) is 0 Å². The van der Waals surface area contributed by atoms with Crippen molar-refractivity contribution in [3.05, 3.63) is 53.7 Å². The first-order chi connectivity index (χ1) is 8.22. The molecule has 1 heterocycles. The van der Waals surface area contributed by atoms with Gasteiger partial charge in [0.25, 0.3) is 0 Å². The molecule has 1 atom stereocenters. The van der Waals surface area contributed by atoms with Crippen LogP contribution in [0.15, 0.2) is 45.9 Å². The highest BCUT2D eigenvalue weighted by molar-refractivity contribution is 7.99. The fraction of sp³-hybridized carbons (Fsp3) is 0.231. The number of halogens is 1. The number of rotatable bonds is 4. The molecule has 17 heavy (non-hydrogen) atoms. The van der Waals surface area contributed by atoms with Gasteiger partial charge in [0.1, 0.15) is 11.6 Å². The van der Waals surface area contributed by atoms with E-state index in [2.05, 4.69) is 0 Å². The quantitative estimate of drug-likeness (QED) is 0.845. The number of hydrogen-bond donors (Lipinski definition) is 1. The Balaban J connectivity index is 2.23. The van der Waals surface area contributed by atoms with Crippen LogP contribution in [0.3, 0.4) is 0 Å². The molecule has 2 N–H and O–H groups in total. The minimum absolute atomic E-state index is 0.0903. The Morgan fingerprint density at radius 1 is 1.35 bits per heavy atom. The molecule has 0 aliphatic rings. The average Bonchev–Trinajstić information content (AvgIpc) is 2.73. The number of nitrogens with two attached hydrogens (primary N) is 1. The van der Waals surface area contributed by atoms with Gasteiger partial charge in [0.05, 0.1) is 6.26 Å². The molecule has 2 nitrogen and oxygen atoms in total. The lowest BCUT2D eigenvalue weighted by atomic mass is 10.1. The van der Waals surface area contributed by atoms with E-state index in [1.165, 1.54) is 17.8 Å². The molecule has 1 aromatic heterocycles. The highest BCUT2D eigenvalue weighted by Crippen LogP contribution is 2.37. The van der Waals surface area contributed by atoms with Gasteiger partial charge in [0.15, 0.2) is 0 Å². The lowest BCUT2D eigenvalue weighted by molar-refractivity contribution is 0.526. The summed E-state index contributed by atoms with van der Waals surface area (Å²) in [5.74, 6) is 0.626. The van der Waals surface area contributed by atoms with Gasteiger partial charge in [-0.25, -0.2) is 4.39 Å². The van der Waals surface area contributed by atoms with Crippen molar-refractivity contribution in [2.24, 2.45) is 5.73 Å². The minimum Gasteiger partial charge on any atom is -0.468 e. The molecule has 0 fully saturated rings. The molecule has 90 valence electrons. The Labute approximate surface area is 104 Å². The van der Waals surface area contributed by atoms with Gasteiger partial charge in [-0.05, 0) is 19.1 Å². The third kappa shape index (κ3) is 2.70. The second-order valence-corrected chi connectivity index (χ2v) is 4.95. The van der Waals surface area contributed by atoms with Crippen molar-refractivity contribution in [2.45, 2.75) is 17.1 Å². The summed E-state index contributed by atoms with van der Waals surface area (Å²) in [6.45, 7) is 2.27. The summed E-state index contributed by atoms with van der Waals surface area (Å²) in [5.41, 5.74) is 6.36. The fourth-order valence-electron chi connectivity index (χ4n) is 1.62. The zero-order valence-electron chi connectivity index (χ0n) is 9.52. The fourth-order valence-corrected chi connectivity index (χ4v) is 2.69. The normalized spacial score (nSPS) is 12.6. The van der Waals surface area contributed by atoms with Gasteiger partial charge >= 0.3 is 0 Å². The number of thioether (sulfide) groups is 1. The van der Waals surface area contributed by atoms with Crippen molar-refractivity contribution in [2.75, 3.05) is 6.54 Å². The maximum atomic E-state index is 13.7. The maximum absolute atomic E-state index is 13.7. The Bertz CT molecular complexity index is 498. The van der Waals surface area contributed by atoms with Gasteiger partial charge < -0.3 is 10.2 Å². The predicted molar refractivity (Wildman–Crippen MR) is 67.5 cm³/mol. The van der Waals surface area contributed by atoms with Crippen molar-refractivity contribution in [1.29, 1.82) is 0 Å². The van der Waals surface area contributed by atoms with Gasteiger partial charge in [-0.3, -0.25) is 0 Å². The molecule has 0 amide bonds. The predicted octanol–water partition coefficient (Wildman–Crippen LogP) is 3.52. The van der Waals surface area contributed by atoms with Gasteiger partial charge in [-0.1, -0.05) is 18.2 Å². The molecule has 0 saturated heterocycles. The van der Waals surface area contributed by atoms with E-state index in [1.54, 1.807) is 18.4 Å². The Morgan fingerprint density at radius 3 is 2.71 bits per heavy atom. The van der Waals surface area contributed by atoms with E-state index in [4.69, 9.17) is 10.2 Å². The van der Waals surface area contributed by atoms with Crippen LogP contribution < -0.4 is 5.73 Å². The van der Waals surface area contributed by atoms with E-state index in [9.17, 15) is 4.39 Å². The Kier molecular flexibility index (Phi) is 3.86. The second-order valence-electron chi connectivity index (χ2n) is 3.70. The van der Waals surface area contributed by atoms with Crippen LogP contribution in [0.5, 0.6) is 0 Å². The molecular formula is C13H14FNOS. The Hall–Kier alpha value is -1.26. The van der Waals surface area contributed by atoms with Crippen molar-refractivity contribution in [3.63, 3.8) is 0 Å². The number of hydrogen-bond acceptors (Lipinski definition) is 3. The highest BCUT2D eigenvalue weighted by Gasteiger charge is 2.17. The molecule has 2 rings (SSSR count). The van der Waals surface area contributed by atoms with Crippen LogP contribution in [0.2, 0.25) is 0 Å². The molecule has 0 radical (unpaired) electrons. The molecule has 1 unspecified atom stereocenters. The molecule has 0 aliphatic carbocycles. The SMILES string of the molecule is Cc1occc1SC(CN)c1ccccc1F. The van der Waals surface area contributed by atoms with E-state index in [0.29, 0.717) is 12.1 Å². The summed E-state index contributed by atoms with van der Waals surface area (Å²) in [4.78, 5) is 1.00. The zero-order chi connectivity index (χ0) is 12.3. The third-order valence-electron chi connectivity index (χ3n) is 2.55. The first-order valence-electron chi connectivity index (χ1n) is 5.37. The van der Waals surface area contributed by atoms with Gasteiger partial charge in [-0.15, -0.1) is 11.8 Å². The summed E-state index contributed by atoms with van der Waals surface area (Å²) < 4.78 is 18.9. The summed E-state index contributed by atoms with van der Waals surface area (Å²) in [7, 11) is 0. The monoisotopic (exact) mass is 251 g/mol. The molecule has 4 heteroatoms. The lowest BCUT2D eigenvalue weighted by Gasteiger charge is -2.14. The first kappa shape index (κ1) is 12.2. The molecule has 0 aliphatic heterocycles. The largest absolute Gasteiger partial charge is 0.468 e. The maximum Gasteiger partial charge on any atom is 0.127 e.